The third-order valence-corrected chi connectivity index (χ3v) is 5.69. The van der Waals surface area contributed by atoms with Gasteiger partial charge in [0.2, 0.25) is 5.91 Å². The molecule has 0 bridgehead atoms. The van der Waals surface area contributed by atoms with Crippen LogP contribution in [0.2, 0.25) is 0 Å². The molecule has 27 heavy (non-hydrogen) atoms. The standard InChI is InChI=1S/C18H12Br2N2O4S/c19-12-6-10(7-13(20)16(12)24)8-14-17(25)22(18(26)27-14)9-15(23)21-11-4-2-1-3-5-11/h1-8,24H,9H2,(H,21,23)/b14-8-. The van der Waals surface area contributed by atoms with Gasteiger partial charge in [0.15, 0.2) is 0 Å². The summed E-state index contributed by atoms with van der Waals surface area (Å²) in [6, 6.07) is 12.0. The van der Waals surface area contributed by atoms with Gasteiger partial charge in [-0.05, 0) is 79.5 Å². The Balaban J connectivity index is 1.74. The van der Waals surface area contributed by atoms with Crippen molar-refractivity contribution in [2.24, 2.45) is 0 Å². The van der Waals surface area contributed by atoms with Gasteiger partial charge < -0.3 is 10.4 Å². The maximum absolute atomic E-state index is 12.5. The van der Waals surface area contributed by atoms with E-state index in [1.54, 1.807) is 36.4 Å². The molecule has 1 saturated heterocycles. The molecular formula is C18H12Br2N2O4S. The van der Waals surface area contributed by atoms with Crippen molar-refractivity contribution in [3.05, 3.63) is 61.9 Å². The van der Waals surface area contributed by atoms with Gasteiger partial charge in [0, 0.05) is 5.69 Å². The second-order valence-electron chi connectivity index (χ2n) is 5.52. The topological polar surface area (TPSA) is 86.7 Å². The minimum absolute atomic E-state index is 0.0397. The number of phenolic OH excluding ortho intramolecular Hbond substituents is 1. The molecule has 2 N–H and O–H groups in total. The minimum Gasteiger partial charge on any atom is -0.506 e. The number of imide groups is 1. The van der Waals surface area contributed by atoms with E-state index < -0.39 is 17.1 Å². The van der Waals surface area contributed by atoms with Gasteiger partial charge in [-0.15, -0.1) is 0 Å². The van der Waals surface area contributed by atoms with Crippen molar-refractivity contribution in [2.75, 3.05) is 11.9 Å². The number of hydrogen-bond donors (Lipinski definition) is 2. The summed E-state index contributed by atoms with van der Waals surface area (Å²) in [7, 11) is 0. The first-order chi connectivity index (χ1) is 12.8. The molecule has 2 aromatic carbocycles. The Morgan fingerprint density at radius 3 is 2.41 bits per heavy atom. The molecule has 9 heteroatoms. The van der Waals surface area contributed by atoms with Crippen LogP contribution in [-0.2, 0) is 9.59 Å². The zero-order valence-corrected chi connectivity index (χ0v) is 17.6. The number of benzene rings is 2. The molecule has 3 amide bonds. The number of thioether (sulfide) groups is 1. The number of nitrogens with one attached hydrogen (secondary N) is 1. The quantitative estimate of drug-likeness (QED) is 0.586. The van der Waals surface area contributed by atoms with E-state index in [-0.39, 0.29) is 17.2 Å². The van der Waals surface area contributed by atoms with E-state index in [4.69, 9.17) is 0 Å². The number of carbonyl (C=O) groups excluding carboxylic acids is 3. The fraction of sp³-hybridized carbons (Fsp3) is 0.0556. The molecule has 0 atom stereocenters. The molecule has 6 nitrogen and oxygen atoms in total. The highest BCUT2D eigenvalue weighted by Gasteiger charge is 2.36. The van der Waals surface area contributed by atoms with Crippen molar-refractivity contribution in [3.63, 3.8) is 0 Å². The summed E-state index contributed by atoms with van der Waals surface area (Å²) in [5, 5.41) is 11.9. The first-order valence-electron chi connectivity index (χ1n) is 7.63. The fourth-order valence-electron chi connectivity index (χ4n) is 2.32. The smallest absolute Gasteiger partial charge is 0.294 e. The van der Waals surface area contributed by atoms with E-state index in [2.05, 4.69) is 37.2 Å². The van der Waals surface area contributed by atoms with E-state index in [1.807, 2.05) is 6.07 Å². The lowest BCUT2D eigenvalue weighted by Gasteiger charge is -2.12. The Bertz CT molecular complexity index is 940. The van der Waals surface area contributed by atoms with Crippen molar-refractivity contribution < 1.29 is 19.5 Å². The largest absolute Gasteiger partial charge is 0.506 e. The highest BCUT2D eigenvalue weighted by molar-refractivity contribution is 9.11. The van der Waals surface area contributed by atoms with Gasteiger partial charge in [-0.25, -0.2) is 0 Å². The number of nitrogens with zero attached hydrogens (tertiary/aromatic N) is 1. The maximum Gasteiger partial charge on any atom is 0.294 e. The lowest BCUT2D eigenvalue weighted by atomic mass is 10.2. The number of para-hydroxylation sites is 1. The number of amides is 3. The summed E-state index contributed by atoms with van der Waals surface area (Å²) in [6.45, 7) is -0.361. The zero-order valence-electron chi connectivity index (χ0n) is 13.6. The van der Waals surface area contributed by atoms with Crippen LogP contribution in [0.1, 0.15) is 5.56 Å². The number of halogens is 2. The predicted molar refractivity (Wildman–Crippen MR) is 111 cm³/mol. The highest BCUT2D eigenvalue weighted by Crippen LogP contribution is 2.36. The number of anilines is 1. The van der Waals surface area contributed by atoms with Crippen LogP contribution < -0.4 is 5.32 Å². The normalized spacial score (nSPS) is 15.5. The Morgan fingerprint density at radius 2 is 1.78 bits per heavy atom. The molecule has 1 aliphatic heterocycles. The number of carbonyl (C=O) groups is 3. The van der Waals surface area contributed by atoms with E-state index >= 15 is 0 Å². The number of rotatable bonds is 4. The molecule has 0 unspecified atom stereocenters. The van der Waals surface area contributed by atoms with Gasteiger partial charge >= 0.3 is 0 Å². The molecule has 1 heterocycles. The minimum atomic E-state index is -0.534. The molecule has 0 aliphatic carbocycles. The molecule has 1 fully saturated rings. The van der Waals surface area contributed by atoms with E-state index in [0.717, 1.165) is 16.7 Å². The summed E-state index contributed by atoms with van der Waals surface area (Å²) in [6.07, 6.45) is 1.54. The van der Waals surface area contributed by atoms with Crippen LogP contribution in [0.3, 0.4) is 0 Å². The van der Waals surface area contributed by atoms with Crippen molar-refractivity contribution in [2.45, 2.75) is 0 Å². The molecule has 2 aromatic rings. The zero-order chi connectivity index (χ0) is 19.6. The Labute approximate surface area is 175 Å². The van der Waals surface area contributed by atoms with Crippen LogP contribution in [0.15, 0.2) is 56.3 Å². The van der Waals surface area contributed by atoms with Crippen molar-refractivity contribution in [1.82, 2.24) is 4.90 Å². The number of hydrogen-bond acceptors (Lipinski definition) is 5. The van der Waals surface area contributed by atoms with Gasteiger partial charge in [0.05, 0.1) is 13.9 Å². The SMILES string of the molecule is O=C(CN1C(=O)S/C(=C\c2cc(Br)c(O)c(Br)c2)C1=O)Nc1ccccc1. The summed E-state index contributed by atoms with van der Waals surface area (Å²) < 4.78 is 0.897. The molecule has 0 aromatic heterocycles. The van der Waals surface area contributed by atoms with Gasteiger partial charge in [-0.1, -0.05) is 18.2 Å². The van der Waals surface area contributed by atoms with Gasteiger partial charge in [-0.2, -0.15) is 0 Å². The lowest BCUT2D eigenvalue weighted by Crippen LogP contribution is -2.36. The number of phenols is 1. The predicted octanol–water partition coefficient (Wildman–Crippen LogP) is 4.59. The Morgan fingerprint density at radius 1 is 1.15 bits per heavy atom. The first-order valence-corrected chi connectivity index (χ1v) is 10.0. The second kappa shape index (κ2) is 8.28. The van der Waals surface area contributed by atoms with Crippen LogP contribution in [0.4, 0.5) is 10.5 Å². The fourth-order valence-corrected chi connectivity index (χ4v) is 4.38. The molecule has 3 rings (SSSR count). The first kappa shape index (κ1) is 19.7. The van der Waals surface area contributed by atoms with Crippen LogP contribution in [-0.4, -0.2) is 33.6 Å². The summed E-state index contributed by atoms with van der Waals surface area (Å²) >= 11 is 7.20. The summed E-state index contributed by atoms with van der Waals surface area (Å²) in [5.74, 6) is -0.953. The highest BCUT2D eigenvalue weighted by atomic mass is 79.9. The van der Waals surface area contributed by atoms with Gasteiger partial charge in [0.1, 0.15) is 12.3 Å². The molecule has 0 radical (unpaired) electrons. The number of aromatic hydroxyl groups is 1. The summed E-state index contributed by atoms with van der Waals surface area (Å²) in [5.41, 5.74) is 1.20. The van der Waals surface area contributed by atoms with Crippen molar-refractivity contribution in [1.29, 1.82) is 0 Å². The third-order valence-electron chi connectivity index (χ3n) is 3.57. The van der Waals surface area contributed by atoms with E-state index in [0.29, 0.717) is 20.2 Å². The van der Waals surface area contributed by atoms with Crippen LogP contribution in [0.25, 0.3) is 6.08 Å². The molecule has 0 saturated carbocycles. The molecule has 138 valence electrons. The van der Waals surface area contributed by atoms with Gasteiger partial charge in [0.25, 0.3) is 11.1 Å². The van der Waals surface area contributed by atoms with Crippen LogP contribution >= 0.6 is 43.6 Å². The van der Waals surface area contributed by atoms with Crippen molar-refractivity contribution in [3.8, 4) is 5.75 Å². The Kier molecular flexibility index (Phi) is 6.03. The molecule has 0 spiro atoms. The van der Waals surface area contributed by atoms with Crippen molar-refractivity contribution >= 4 is 72.4 Å². The average molecular weight is 512 g/mol. The van der Waals surface area contributed by atoms with Crippen LogP contribution in [0.5, 0.6) is 5.75 Å². The van der Waals surface area contributed by atoms with E-state index in [1.165, 1.54) is 6.08 Å². The summed E-state index contributed by atoms with van der Waals surface area (Å²) in [4.78, 5) is 37.9. The van der Waals surface area contributed by atoms with E-state index in [9.17, 15) is 19.5 Å². The maximum atomic E-state index is 12.5. The van der Waals surface area contributed by atoms with Gasteiger partial charge in [-0.3, -0.25) is 19.3 Å². The molecule has 1 aliphatic rings. The third kappa shape index (κ3) is 4.60. The second-order valence-corrected chi connectivity index (χ2v) is 8.22. The van der Waals surface area contributed by atoms with Crippen LogP contribution in [0, 0.1) is 0 Å². The monoisotopic (exact) mass is 510 g/mol. The Hall–Kier alpha value is -2.10. The average Bonchev–Trinajstić information content (AvgIpc) is 2.88. The molecular weight excluding hydrogens is 500 g/mol. The lowest BCUT2D eigenvalue weighted by molar-refractivity contribution is -0.127.